The number of ether oxygens (including phenoxy) is 1. The second kappa shape index (κ2) is 5.32. The molecule has 0 aliphatic rings. The molecule has 2 aromatic heterocycles. The summed E-state index contributed by atoms with van der Waals surface area (Å²) in [7, 11) is 1.49. The summed E-state index contributed by atoms with van der Waals surface area (Å²) in [6.07, 6.45) is 1.65. The minimum absolute atomic E-state index is 0.0784. The maximum absolute atomic E-state index is 13.7. The Morgan fingerprint density at radius 3 is 2.76 bits per heavy atom. The molecule has 0 unspecified atom stereocenters. The number of anilines is 1. The van der Waals surface area contributed by atoms with Gasteiger partial charge in [-0.15, -0.1) is 0 Å². The van der Waals surface area contributed by atoms with Crippen LogP contribution < -0.4 is 10.1 Å². The van der Waals surface area contributed by atoms with Crippen molar-refractivity contribution in [2.24, 2.45) is 0 Å². The quantitative estimate of drug-likeness (QED) is 0.797. The van der Waals surface area contributed by atoms with E-state index in [9.17, 15) is 8.78 Å². The van der Waals surface area contributed by atoms with Gasteiger partial charge in [-0.1, -0.05) is 6.07 Å². The van der Waals surface area contributed by atoms with Crippen LogP contribution in [0.15, 0.2) is 42.6 Å². The molecule has 21 heavy (non-hydrogen) atoms. The minimum Gasteiger partial charge on any atom is -0.436 e. The fraction of sp³-hybridized carbons (Fsp3) is 0.0667. The number of pyridine rings is 2. The highest BCUT2D eigenvalue weighted by Crippen LogP contribution is 2.27. The number of benzene rings is 1. The molecular formula is C15H11F2N3O. The summed E-state index contributed by atoms with van der Waals surface area (Å²) >= 11 is 0. The topological polar surface area (TPSA) is 47.0 Å². The van der Waals surface area contributed by atoms with Gasteiger partial charge in [-0.3, -0.25) is 4.98 Å². The van der Waals surface area contributed by atoms with E-state index in [2.05, 4.69) is 15.3 Å². The van der Waals surface area contributed by atoms with Gasteiger partial charge in [0, 0.05) is 30.8 Å². The third-order valence-electron chi connectivity index (χ3n) is 2.93. The first-order chi connectivity index (χ1) is 10.2. The highest BCUT2D eigenvalue weighted by atomic mass is 19.1. The van der Waals surface area contributed by atoms with Crippen molar-refractivity contribution >= 4 is 16.7 Å². The SMILES string of the molecule is CNc1nc(Oc2ccc3cccnc3c2)c(F)cc1F. The average molecular weight is 287 g/mol. The Bertz CT molecular complexity index is 808. The van der Waals surface area contributed by atoms with Crippen molar-refractivity contribution in [3.8, 4) is 11.6 Å². The van der Waals surface area contributed by atoms with Crippen LogP contribution in [0.1, 0.15) is 0 Å². The van der Waals surface area contributed by atoms with Crippen molar-refractivity contribution in [3.63, 3.8) is 0 Å². The minimum atomic E-state index is -0.868. The van der Waals surface area contributed by atoms with Crippen molar-refractivity contribution in [2.75, 3.05) is 12.4 Å². The molecule has 0 radical (unpaired) electrons. The molecule has 0 spiro atoms. The zero-order chi connectivity index (χ0) is 14.8. The number of nitrogens with zero attached hydrogens (tertiary/aromatic N) is 2. The van der Waals surface area contributed by atoms with Gasteiger partial charge in [0.2, 0.25) is 0 Å². The normalized spacial score (nSPS) is 10.6. The molecule has 6 heteroatoms. The molecule has 1 aromatic carbocycles. The molecule has 0 atom stereocenters. The predicted molar refractivity (Wildman–Crippen MR) is 75.5 cm³/mol. The largest absolute Gasteiger partial charge is 0.436 e. The van der Waals surface area contributed by atoms with Crippen LogP contribution in [0.3, 0.4) is 0 Å². The van der Waals surface area contributed by atoms with Crippen molar-refractivity contribution in [1.29, 1.82) is 0 Å². The Morgan fingerprint density at radius 2 is 1.95 bits per heavy atom. The van der Waals surface area contributed by atoms with Crippen LogP contribution in [0.4, 0.5) is 14.6 Å². The van der Waals surface area contributed by atoms with E-state index in [0.29, 0.717) is 11.3 Å². The lowest BCUT2D eigenvalue weighted by Gasteiger charge is -2.09. The van der Waals surface area contributed by atoms with Gasteiger partial charge in [-0.2, -0.15) is 4.98 Å². The second-order valence-corrected chi connectivity index (χ2v) is 4.32. The van der Waals surface area contributed by atoms with E-state index in [1.54, 1.807) is 24.4 Å². The summed E-state index contributed by atoms with van der Waals surface area (Å²) in [6.45, 7) is 0. The number of nitrogens with one attached hydrogen (secondary N) is 1. The Balaban J connectivity index is 1.98. The first kappa shape index (κ1) is 13.2. The molecule has 0 saturated heterocycles. The molecule has 0 fully saturated rings. The van der Waals surface area contributed by atoms with Gasteiger partial charge in [-0.25, -0.2) is 8.78 Å². The summed E-state index contributed by atoms with van der Waals surface area (Å²) in [4.78, 5) is 7.95. The summed E-state index contributed by atoms with van der Waals surface area (Å²) in [6, 6.07) is 9.60. The van der Waals surface area contributed by atoms with Crippen LogP contribution in [-0.2, 0) is 0 Å². The Morgan fingerprint density at radius 1 is 1.10 bits per heavy atom. The van der Waals surface area contributed by atoms with Crippen molar-refractivity contribution in [1.82, 2.24) is 9.97 Å². The summed E-state index contributed by atoms with van der Waals surface area (Å²) < 4.78 is 32.4. The molecule has 1 N–H and O–H groups in total. The fourth-order valence-electron chi connectivity index (χ4n) is 1.92. The number of hydrogen-bond acceptors (Lipinski definition) is 4. The number of fused-ring (bicyclic) bond motifs is 1. The summed E-state index contributed by atoms with van der Waals surface area (Å²) in [5.41, 5.74) is 0.714. The van der Waals surface area contributed by atoms with Gasteiger partial charge in [0.05, 0.1) is 5.52 Å². The molecule has 0 saturated carbocycles. The monoisotopic (exact) mass is 287 g/mol. The predicted octanol–water partition coefficient (Wildman–Crippen LogP) is 3.74. The highest BCUT2D eigenvalue weighted by Gasteiger charge is 2.13. The molecule has 4 nitrogen and oxygen atoms in total. The van der Waals surface area contributed by atoms with Crippen LogP contribution in [0.5, 0.6) is 11.6 Å². The van der Waals surface area contributed by atoms with Crippen LogP contribution in [0.2, 0.25) is 0 Å². The molecular weight excluding hydrogens is 276 g/mol. The van der Waals surface area contributed by atoms with Crippen molar-refractivity contribution in [3.05, 3.63) is 54.2 Å². The number of rotatable bonds is 3. The molecule has 0 aliphatic heterocycles. The van der Waals surface area contributed by atoms with E-state index in [0.717, 1.165) is 11.5 Å². The van der Waals surface area contributed by atoms with E-state index in [1.165, 1.54) is 7.05 Å². The number of hydrogen-bond donors (Lipinski definition) is 1. The Labute approximate surface area is 119 Å². The lowest BCUT2D eigenvalue weighted by molar-refractivity contribution is 0.418. The summed E-state index contributed by atoms with van der Waals surface area (Å²) in [5.74, 6) is -1.64. The molecule has 106 valence electrons. The van der Waals surface area contributed by atoms with E-state index in [1.807, 2.05) is 12.1 Å². The molecule has 0 bridgehead atoms. The highest BCUT2D eigenvalue weighted by molar-refractivity contribution is 5.79. The van der Waals surface area contributed by atoms with Gasteiger partial charge >= 0.3 is 0 Å². The molecule has 3 rings (SSSR count). The smallest absolute Gasteiger partial charge is 0.258 e. The lowest BCUT2D eigenvalue weighted by Crippen LogP contribution is -2.01. The lowest BCUT2D eigenvalue weighted by atomic mass is 10.2. The third kappa shape index (κ3) is 2.60. The van der Waals surface area contributed by atoms with Crippen molar-refractivity contribution in [2.45, 2.75) is 0 Å². The Kier molecular flexibility index (Phi) is 3.35. The average Bonchev–Trinajstić information content (AvgIpc) is 2.50. The Hall–Kier alpha value is -2.76. The van der Waals surface area contributed by atoms with Gasteiger partial charge < -0.3 is 10.1 Å². The first-order valence-electron chi connectivity index (χ1n) is 6.24. The number of halogens is 2. The van der Waals surface area contributed by atoms with E-state index < -0.39 is 11.6 Å². The molecule has 0 amide bonds. The first-order valence-corrected chi connectivity index (χ1v) is 6.24. The summed E-state index contributed by atoms with van der Waals surface area (Å²) in [5, 5.41) is 3.47. The molecule has 3 aromatic rings. The van der Waals surface area contributed by atoms with E-state index in [-0.39, 0.29) is 11.7 Å². The van der Waals surface area contributed by atoms with Crippen LogP contribution in [0, 0.1) is 11.6 Å². The third-order valence-corrected chi connectivity index (χ3v) is 2.93. The number of aromatic nitrogens is 2. The second-order valence-electron chi connectivity index (χ2n) is 4.32. The molecule has 0 aliphatic carbocycles. The fourth-order valence-corrected chi connectivity index (χ4v) is 1.92. The van der Waals surface area contributed by atoms with Crippen LogP contribution in [-0.4, -0.2) is 17.0 Å². The maximum Gasteiger partial charge on any atom is 0.258 e. The van der Waals surface area contributed by atoms with Crippen molar-refractivity contribution < 1.29 is 13.5 Å². The van der Waals surface area contributed by atoms with Crippen LogP contribution in [0.25, 0.3) is 10.9 Å². The van der Waals surface area contributed by atoms with Gasteiger partial charge in [0.25, 0.3) is 5.88 Å². The zero-order valence-corrected chi connectivity index (χ0v) is 11.1. The van der Waals surface area contributed by atoms with Gasteiger partial charge in [0.15, 0.2) is 17.5 Å². The standard InChI is InChI=1S/C15H11F2N3O/c1-18-14-11(16)8-12(17)15(20-14)21-10-5-4-9-3-2-6-19-13(9)7-10/h2-8H,1H3,(H,18,20). The van der Waals surface area contributed by atoms with E-state index >= 15 is 0 Å². The molecule has 2 heterocycles. The van der Waals surface area contributed by atoms with E-state index in [4.69, 9.17) is 4.74 Å². The van der Waals surface area contributed by atoms with Gasteiger partial charge in [-0.05, 0) is 18.2 Å². The van der Waals surface area contributed by atoms with Gasteiger partial charge in [0.1, 0.15) is 5.75 Å². The zero-order valence-electron chi connectivity index (χ0n) is 11.1. The van der Waals surface area contributed by atoms with Crippen LogP contribution >= 0.6 is 0 Å². The maximum atomic E-state index is 13.7.